The van der Waals surface area contributed by atoms with Gasteiger partial charge in [-0.15, -0.1) is 0 Å². The van der Waals surface area contributed by atoms with Crippen molar-refractivity contribution in [3.8, 4) is 0 Å². The third-order valence-corrected chi connectivity index (χ3v) is 6.40. The molecule has 8 nitrogen and oxygen atoms in total. The fourth-order valence-electron chi connectivity index (χ4n) is 4.42. The molecule has 35 heavy (non-hydrogen) atoms. The topological polar surface area (TPSA) is 89.5 Å². The average Bonchev–Trinajstić information content (AvgIpc) is 2.89. The fourth-order valence-corrected chi connectivity index (χ4v) is 4.42. The third kappa shape index (κ3) is 6.68. The molecule has 0 spiro atoms. The van der Waals surface area contributed by atoms with Crippen molar-refractivity contribution in [3.63, 3.8) is 0 Å². The molecule has 2 fully saturated rings. The monoisotopic (exact) mass is 482 g/mol. The van der Waals surface area contributed by atoms with Crippen LogP contribution in [0.5, 0.6) is 0 Å². The molecule has 2 saturated heterocycles. The van der Waals surface area contributed by atoms with Gasteiger partial charge in [-0.1, -0.05) is 56.0 Å². The average molecular weight is 483 g/mol. The van der Waals surface area contributed by atoms with E-state index in [-0.39, 0.29) is 31.3 Å². The molecule has 0 radical (unpaired) electrons. The second-order valence-electron chi connectivity index (χ2n) is 8.87. The van der Waals surface area contributed by atoms with E-state index < -0.39 is 12.4 Å². The van der Waals surface area contributed by atoms with Gasteiger partial charge >= 0.3 is 6.09 Å². The summed E-state index contributed by atoms with van der Waals surface area (Å²) < 4.78 is 23.5. The summed E-state index contributed by atoms with van der Waals surface area (Å²) in [5.41, 5.74) is 3.30. The standard InChI is InChI=1S/C27H34N2O6/c1-3-13-33-27(31)28-23-6-4-5-22(16-23)26-34-24(17-29-11-14-32-15-12-29)19(2)25(35-26)21-9-7-20(18-30)8-10-21/h3-10,16,19,24-26,30H,1,11-15,17-18H2,2H3,(H,28,31)/t19-,24+,25+,26+/m0/s1. The van der Waals surface area contributed by atoms with Crippen LogP contribution in [0.3, 0.4) is 0 Å². The summed E-state index contributed by atoms with van der Waals surface area (Å²) in [7, 11) is 0. The summed E-state index contributed by atoms with van der Waals surface area (Å²) in [6.07, 6.45) is 0.104. The summed E-state index contributed by atoms with van der Waals surface area (Å²) in [4.78, 5) is 14.4. The Morgan fingerprint density at radius 2 is 1.94 bits per heavy atom. The number of carbonyl (C=O) groups excluding carboxylic acids is 1. The molecule has 2 aliphatic heterocycles. The van der Waals surface area contributed by atoms with Gasteiger partial charge in [-0.05, 0) is 23.3 Å². The van der Waals surface area contributed by atoms with Crippen molar-refractivity contribution in [2.75, 3.05) is 44.8 Å². The van der Waals surface area contributed by atoms with E-state index in [1.807, 2.05) is 42.5 Å². The zero-order chi connectivity index (χ0) is 24.6. The van der Waals surface area contributed by atoms with Crippen molar-refractivity contribution in [2.45, 2.75) is 32.0 Å². The maximum atomic E-state index is 12.0. The van der Waals surface area contributed by atoms with Crippen LogP contribution in [0.1, 0.15) is 36.0 Å². The number of aliphatic hydroxyl groups excluding tert-OH is 1. The molecule has 0 aliphatic carbocycles. The van der Waals surface area contributed by atoms with Crippen LogP contribution in [-0.2, 0) is 25.6 Å². The van der Waals surface area contributed by atoms with Crippen LogP contribution in [0.15, 0.2) is 61.2 Å². The van der Waals surface area contributed by atoms with Gasteiger partial charge in [0.25, 0.3) is 0 Å². The molecule has 188 valence electrons. The Kier molecular flexibility index (Phi) is 8.90. The number of anilines is 1. The molecule has 2 aromatic carbocycles. The first-order chi connectivity index (χ1) is 17.1. The highest BCUT2D eigenvalue weighted by Gasteiger charge is 2.39. The maximum absolute atomic E-state index is 12.0. The van der Waals surface area contributed by atoms with E-state index in [2.05, 4.69) is 23.7 Å². The lowest BCUT2D eigenvalue weighted by Gasteiger charge is -2.43. The smallest absolute Gasteiger partial charge is 0.411 e. The van der Waals surface area contributed by atoms with Crippen molar-refractivity contribution in [1.29, 1.82) is 0 Å². The lowest BCUT2D eigenvalue weighted by molar-refractivity contribution is -0.277. The quantitative estimate of drug-likeness (QED) is 0.549. The van der Waals surface area contributed by atoms with E-state index in [1.54, 1.807) is 6.07 Å². The zero-order valence-corrected chi connectivity index (χ0v) is 20.1. The van der Waals surface area contributed by atoms with Gasteiger partial charge in [0.15, 0.2) is 6.29 Å². The Morgan fingerprint density at radius 1 is 1.17 bits per heavy atom. The highest BCUT2D eigenvalue weighted by Crippen LogP contribution is 2.42. The number of amides is 1. The van der Waals surface area contributed by atoms with Gasteiger partial charge in [0.2, 0.25) is 0 Å². The number of nitrogens with zero attached hydrogens (tertiary/aromatic N) is 1. The van der Waals surface area contributed by atoms with Gasteiger partial charge in [-0.2, -0.15) is 0 Å². The number of ether oxygens (including phenoxy) is 4. The molecule has 0 unspecified atom stereocenters. The first kappa shape index (κ1) is 25.3. The van der Waals surface area contributed by atoms with E-state index in [4.69, 9.17) is 18.9 Å². The predicted octanol–water partition coefficient (Wildman–Crippen LogP) is 4.04. The fraction of sp³-hybridized carbons (Fsp3) is 0.444. The maximum Gasteiger partial charge on any atom is 0.411 e. The van der Waals surface area contributed by atoms with E-state index in [0.717, 1.165) is 49.5 Å². The van der Waals surface area contributed by atoms with E-state index in [9.17, 15) is 9.90 Å². The summed E-state index contributed by atoms with van der Waals surface area (Å²) in [5, 5.41) is 12.2. The van der Waals surface area contributed by atoms with Gasteiger partial charge in [-0.25, -0.2) is 4.79 Å². The minimum atomic E-state index is -0.606. The number of morpholine rings is 1. The normalized spacial score (nSPS) is 25.1. The Hall–Kier alpha value is -2.75. The third-order valence-electron chi connectivity index (χ3n) is 6.40. The first-order valence-electron chi connectivity index (χ1n) is 12.0. The van der Waals surface area contributed by atoms with E-state index in [1.165, 1.54) is 6.08 Å². The Bertz CT molecular complexity index is 976. The van der Waals surface area contributed by atoms with Gasteiger partial charge in [0.1, 0.15) is 6.61 Å². The molecule has 0 bridgehead atoms. The van der Waals surface area contributed by atoms with Gasteiger partial charge < -0.3 is 24.1 Å². The number of aliphatic hydroxyl groups is 1. The number of hydrogen-bond donors (Lipinski definition) is 2. The summed E-state index contributed by atoms with van der Waals surface area (Å²) in [6.45, 7) is 9.82. The summed E-state index contributed by atoms with van der Waals surface area (Å²) in [5.74, 6) is 0.101. The highest BCUT2D eigenvalue weighted by molar-refractivity contribution is 5.84. The predicted molar refractivity (Wildman–Crippen MR) is 132 cm³/mol. The van der Waals surface area contributed by atoms with Crippen molar-refractivity contribution < 1.29 is 28.8 Å². The minimum Gasteiger partial charge on any atom is -0.445 e. The lowest BCUT2D eigenvalue weighted by atomic mass is 9.90. The number of rotatable bonds is 8. The van der Waals surface area contributed by atoms with Crippen LogP contribution in [-0.4, -0.2) is 61.7 Å². The second-order valence-corrected chi connectivity index (χ2v) is 8.87. The van der Waals surface area contributed by atoms with Gasteiger partial charge in [0.05, 0.1) is 32.0 Å². The van der Waals surface area contributed by atoms with Crippen molar-refractivity contribution in [2.24, 2.45) is 5.92 Å². The van der Waals surface area contributed by atoms with Crippen LogP contribution in [0.2, 0.25) is 0 Å². The summed E-state index contributed by atoms with van der Waals surface area (Å²) in [6, 6.07) is 15.3. The largest absolute Gasteiger partial charge is 0.445 e. The molecular formula is C27H34N2O6. The van der Waals surface area contributed by atoms with Crippen molar-refractivity contribution >= 4 is 11.8 Å². The first-order valence-corrected chi connectivity index (χ1v) is 12.0. The lowest BCUT2D eigenvalue weighted by Crippen LogP contribution is -2.47. The Balaban J connectivity index is 1.56. The van der Waals surface area contributed by atoms with Crippen LogP contribution in [0, 0.1) is 5.92 Å². The zero-order valence-electron chi connectivity index (χ0n) is 20.1. The molecule has 4 atom stereocenters. The summed E-state index contributed by atoms with van der Waals surface area (Å²) >= 11 is 0. The van der Waals surface area contributed by atoms with E-state index >= 15 is 0 Å². The van der Waals surface area contributed by atoms with Gasteiger partial charge in [0, 0.05) is 36.8 Å². The van der Waals surface area contributed by atoms with Crippen LogP contribution >= 0.6 is 0 Å². The number of benzene rings is 2. The molecule has 8 heteroatoms. The highest BCUT2D eigenvalue weighted by atomic mass is 16.7. The second kappa shape index (κ2) is 12.3. The molecule has 4 rings (SSSR count). The van der Waals surface area contributed by atoms with E-state index in [0.29, 0.717) is 5.69 Å². The molecule has 2 heterocycles. The molecule has 1 amide bonds. The number of carbonyl (C=O) groups is 1. The van der Waals surface area contributed by atoms with Crippen LogP contribution in [0.4, 0.5) is 10.5 Å². The minimum absolute atomic E-state index is 0.00176. The van der Waals surface area contributed by atoms with Crippen LogP contribution in [0.25, 0.3) is 0 Å². The van der Waals surface area contributed by atoms with Gasteiger partial charge in [-0.3, -0.25) is 10.2 Å². The molecule has 2 N–H and O–H groups in total. The van der Waals surface area contributed by atoms with Crippen molar-refractivity contribution in [1.82, 2.24) is 4.90 Å². The molecule has 0 aromatic heterocycles. The Labute approximate surface area is 206 Å². The number of nitrogens with one attached hydrogen (secondary N) is 1. The number of hydrogen-bond acceptors (Lipinski definition) is 7. The van der Waals surface area contributed by atoms with Crippen LogP contribution < -0.4 is 5.32 Å². The SMILES string of the molecule is C=CCOC(=O)Nc1cccc([C@@H]2O[C@H](CN3CCOCC3)[C@H](C)[C@H](c3ccc(CO)cc3)O2)c1. The molecular weight excluding hydrogens is 448 g/mol. The Morgan fingerprint density at radius 3 is 2.66 bits per heavy atom. The van der Waals surface area contributed by atoms with Crippen molar-refractivity contribution in [3.05, 3.63) is 77.9 Å². The molecule has 0 saturated carbocycles. The molecule has 2 aromatic rings. The molecule has 2 aliphatic rings.